The van der Waals surface area contributed by atoms with E-state index in [-0.39, 0.29) is 17.6 Å². The van der Waals surface area contributed by atoms with Gasteiger partial charge in [-0.1, -0.05) is 34.6 Å². The fourth-order valence-corrected chi connectivity index (χ4v) is 4.98. The molecule has 0 radical (unpaired) electrons. The average molecular weight is 503 g/mol. The molecule has 0 bridgehead atoms. The van der Waals surface area contributed by atoms with Crippen molar-refractivity contribution in [1.29, 1.82) is 0 Å². The number of rotatable bonds is 3. The Hall–Kier alpha value is -2.97. The van der Waals surface area contributed by atoms with Gasteiger partial charge in [-0.05, 0) is 70.0 Å². The number of aromatic nitrogens is 3. The highest BCUT2D eigenvalue weighted by molar-refractivity contribution is 6.66. The lowest BCUT2D eigenvalue weighted by Gasteiger charge is -2.32. The zero-order valence-electron chi connectivity index (χ0n) is 23.1. The molecule has 0 amide bonds. The van der Waals surface area contributed by atoms with E-state index in [1.165, 1.54) is 16.8 Å². The van der Waals surface area contributed by atoms with E-state index in [1.807, 2.05) is 60.6 Å². The molecule has 6 nitrogen and oxygen atoms in total. The van der Waals surface area contributed by atoms with E-state index in [9.17, 15) is 9.18 Å². The van der Waals surface area contributed by atoms with Crippen LogP contribution in [0, 0.1) is 11.2 Å². The third-order valence-corrected chi connectivity index (χ3v) is 7.69. The van der Waals surface area contributed by atoms with E-state index < -0.39 is 23.7 Å². The van der Waals surface area contributed by atoms with Gasteiger partial charge in [-0.2, -0.15) is 9.78 Å². The van der Waals surface area contributed by atoms with Gasteiger partial charge in [0.05, 0.1) is 28.4 Å². The lowest BCUT2D eigenvalue weighted by Crippen LogP contribution is -2.41. The van der Waals surface area contributed by atoms with Gasteiger partial charge in [0, 0.05) is 33.0 Å². The molecule has 4 aromatic rings. The highest BCUT2D eigenvalue weighted by Crippen LogP contribution is 2.40. The average Bonchev–Trinajstić information content (AvgIpc) is 3.40. The minimum Gasteiger partial charge on any atom is -0.399 e. The van der Waals surface area contributed by atoms with Crippen molar-refractivity contribution in [2.75, 3.05) is 0 Å². The summed E-state index contributed by atoms with van der Waals surface area (Å²) >= 11 is 0. The molecule has 0 N–H and O–H groups in total. The number of benzene rings is 2. The summed E-state index contributed by atoms with van der Waals surface area (Å²) in [6, 6.07) is 10.6. The Morgan fingerprint density at radius 2 is 1.59 bits per heavy atom. The molecule has 0 unspecified atom stereocenters. The molecular weight excluding hydrogens is 468 g/mol. The van der Waals surface area contributed by atoms with Crippen molar-refractivity contribution in [3.8, 4) is 5.69 Å². The number of carbonyl (C=O) groups is 1. The lowest BCUT2D eigenvalue weighted by atomic mass is 9.75. The molecule has 1 aliphatic rings. The fourth-order valence-electron chi connectivity index (χ4n) is 4.98. The fraction of sp³-hybridized carbons (Fsp3) is 0.448. The van der Waals surface area contributed by atoms with Gasteiger partial charge in [-0.25, -0.2) is 4.39 Å². The van der Waals surface area contributed by atoms with Gasteiger partial charge in [0.15, 0.2) is 0 Å². The quantitative estimate of drug-likeness (QED) is 0.311. The molecule has 8 heteroatoms. The van der Waals surface area contributed by atoms with Crippen LogP contribution in [0.25, 0.3) is 27.5 Å². The standard InChI is InChI=1S/C29H35BFN3O3/c1-17(2)25-24(30-36-28(6,7)29(8,9)37-30)21-15-22-18(16-32-34(22)26(35)27(3,4)5)14-23(21)33(25)20-12-10-19(31)11-13-20/h10-17H,1-9H3. The molecule has 37 heavy (non-hydrogen) atoms. The topological polar surface area (TPSA) is 58.3 Å². The van der Waals surface area contributed by atoms with Crippen LogP contribution in [0.5, 0.6) is 0 Å². The number of fused-ring (bicyclic) bond motifs is 2. The minimum atomic E-state index is -0.612. The highest BCUT2D eigenvalue weighted by atomic mass is 19.1. The number of nitrogens with zero attached hydrogens (tertiary/aromatic N) is 3. The Balaban J connectivity index is 1.87. The van der Waals surface area contributed by atoms with Crippen molar-refractivity contribution in [2.45, 2.75) is 79.4 Å². The first-order chi connectivity index (χ1) is 17.1. The zero-order valence-corrected chi connectivity index (χ0v) is 23.1. The van der Waals surface area contributed by atoms with E-state index in [4.69, 9.17) is 9.31 Å². The second-order valence-electron chi connectivity index (χ2n) is 12.4. The van der Waals surface area contributed by atoms with Crippen molar-refractivity contribution in [1.82, 2.24) is 14.3 Å². The van der Waals surface area contributed by atoms with Gasteiger partial charge < -0.3 is 13.9 Å². The SMILES string of the molecule is CC(C)c1c(B2OC(C)(C)C(C)(C)O2)c2cc3c(cnn3C(=O)C(C)(C)C)cc2n1-c1ccc(F)cc1. The zero-order chi connectivity index (χ0) is 27.1. The van der Waals surface area contributed by atoms with Gasteiger partial charge in [0.25, 0.3) is 5.91 Å². The molecular formula is C29H35BFN3O3. The Bertz CT molecular complexity index is 1510. The summed E-state index contributed by atoms with van der Waals surface area (Å²) in [5.74, 6) is -0.273. The molecule has 0 aliphatic carbocycles. The van der Waals surface area contributed by atoms with Crippen LogP contribution in [0.2, 0.25) is 0 Å². The van der Waals surface area contributed by atoms with Crippen LogP contribution in [0.1, 0.15) is 78.7 Å². The first-order valence-corrected chi connectivity index (χ1v) is 12.8. The van der Waals surface area contributed by atoms with E-state index in [0.29, 0.717) is 0 Å². The van der Waals surface area contributed by atoms with Crippen LogP contribution in [-0.4, -0.2) is 38.6 Å². The summed E-state index contributed by atoms with van der Waals surface area (Å²) in [4.78, 5) is 13.2. The Morgan fingerprint density at radius 1 is 1.00 bits per heavy atom. The molecule has 1 fully saturated rings. The van der Waals surface area contributed by atoms with Crippen molar-refractivity contribution in [3.05, 3.63) is 54.1 Å². The maximum atomic E-state index is 13.9. The predicted molar refractivity (Wildman–Crippen MR) is 146 cm³/mol. The summed E-state index contributed by atoms with van der Waals surface area (Å²) in [5, 5.41) is 6.22. The second kappa shape index (κ2) is 8.27. The van der Waals surface area contributed by atoms with Crippen LogP contribution >= 0.6 is 0 Å². The molecule has 0 saturated carbocycles. The van der Waals surface area contributed by atoms with Crippen LogP contribution in [-0.2, 0) is 9.31 Å². The first-order valence-electron chi connectivity index (χ1n) is 12.8. The monoisotopic (exact) mass is 503 g/mol. The molecule has 2 aromatic carbocycles. The molecule has 1 saturated heterocycles. The minimum absolute atomic E-state index is 0.0823. The number of hydrogen-bond donors (Lipinski definition) is 0. The third kappa shape index (κ3) is 4.01. The summed E-state index contributed by atoms with van der Waals surface area (Å²) in [5.41, 5.74) is 2.81. The molecule has 2 aromatic heterocycles. The lowest BCUT2D eigenvalue weighted by molar-refractivity contribution is 0.00578. The van der Waals surface area contributed by atoms with E-state index in [2.05, 4.69) is 23.5 Å². The van der Waals surface area contributed by atoms with E-state index >= 15 is 0 Å². The largest absolute Gasteiger partial charge is 0.497 e. The number of halogens is 1. The summed E-state index contributed by atoms with van der Waals surface area (Å²) in [6.45, 7) is 18.1. The van der Waals surface area contributed by atoms with E-state index in [0.717, 1.165) is 38.6 Å². The molecule has 0 atom stereocenters. The van der Waals surface area contributed by atoms with Crippen LogP contribution < -0.4 is 5.46 Å². The van der Waals surface area contributed by atoms with Crippen molar-refractivity contribution in [2.24, 2.45) is 5.41 Å². The Morgan fingerprint density at radius 3 is 2.14 bits per heavy atom. The number of hydrogen-bond acceptors (Lipinski definition) is 4. The van der Waals surface area contributed by atoms with Crippen molar-refractivity contribution < 1.29 is 18.5 Å². The Kier molecular flexibility index (Phi) is 5.74. The van der Waals surface area contributed by atoms with Gasteiger partial charge >= 0.3 is 7.12 Å². The summed E-state index contributed by atoms with van der Waals surface area (Å²) < 4.78 is 30.7. The first kappa shape index (κ1) is 25.7. The predicted octanol–water partition coefficient (Wildman–Crippen LogP) is 6.23. The second-order valence-corrected chi connectivity index (χ2v) is 12.4. The molecule has 5 rings (SSSR count). The maximum Gasteiger partial charge on any atom is 0.497 e. The van der Waals surface area contributed by atoms with Gasteiger partial charge in [-0.15, -0.1) is 0 Å². The number of carbonyl (C=O) groups excluding carboxylic acids is 1. The molecule has 0 spiro atoms. The van der Waals surface area contributed by atoms with Crippen LogP contribution in [0.15, 0.2) is 42.6 Å². The van der Waals surface area contributed by atoms with Crippen molar-refractivity contribution in [3.63, 3.8) is 0 Å². The van der Waals surface area contributed by atoms with Gasteiger partial charge in [0.2, 0.25) is 0 Å². The molecule has 3 heterocycles. The van der Waals surface area contributed by atoms with Crippen LogP contribution in [0.4, 0.5) is 4.39 Å². The van der Waals surface area contributed by atoms with Crippen molar-refractivity contribution >= 4 is 40.3 Å². The molecule has 194 valence electrons. The maximum absolute atomic E-state index is 13.9. The third-order valence-electron chi connectivity index (χ3n) is 7.69. The molecule has 1 aliphatic heterocycles. The smallest absolute Gasteiger partial charge is 0.399 e. The normalized spacial score (nSPS) is 17.4. The summed E-state index contributed by atoms with van der Waals surface area (Å²) in [7, 11) is -0.612. The van der Waals surface area contributed by atoms with Gasteiger partial charge in [0.1, 0.15) is 5.82 Å². The van der Waals surface area contributed by atoms with Crippen LogP contribution in [0.3, 0.4) is 0 Å². The highest BCUT2D eigenvalue weighted by Gasteiger charge is 2.53. The van der Waals surface area contributed by atoms with E-state index in [1.54, 1.807) is 18.3 Å². The summed E-state index contributed by atoms with van der Waals surface area (Å²) in [6.07, 6.45) is 1.73. The Labute approximate surface area is 217 Å². The van der Waals surface area contributed by atoms with Gasteiger partial charge in [-0.3, -0.25) is 4.79 Å².